The second-order valence-electron chi connectivity index (χ2n) is 4.86. The molecule has 0 fully saturated rings. The predicted molar refractivity (Wildman–Crippen MR) is 67.6 cm³/mol. The van der Waals surface area contributed by atoms with Crippen LogP contribution in [0.3, 0.4) is 0 Å². The number of fused-ring (bicyclic) bond motifs is 1. The average molecular weight is 296 g/mol. The van der Waals surface area contributed by atoms with Crippen molar-refractivity contribution in [3.63, 3.8) is 0 Å². The summed E-state index contributed by atoms with van der Waals surface area (Å²) in [5.41, 5.74) is -0.00200. The molecule has 0 unspecified atom stereocenters. The first-order chi connectivity index (χ1) is 9.89. The third-order valence-corrected chi connectivity index (χ3v) is 3.57. The maximum atomic E-state index is 13.1. The van der Waals surface area contributed by atoms with E-state index >= 15 is 0 Å². The molecule has 1 aliphatic rings. The van der Waals surface area contributed by atoms with Crippen LogP contribution < -0.4 is 0 Å². The predicted octanol–water partition coefficient (Wildman–Crippen LogP) is 3.08. The lowest BCUT2D eigenvalue weighted by Gasteiger charge is -2.14. The lowest BCUT2D eigenvalue weighted by atomic mass is 10.1. The van der Waals surface area contributed by atoms with Gasteiger partial charge in [0.15, 0.2) is 5.69 Å². The van der Waals surface area contributed by atoms with Gasteiger partial charge in [0.05, 0.1) is 11.3 Å². The molecule has 0 bridgehead atoms. The minimum absolute atomic E-state index is 0.129. The lowest BCUT2D eigenvalue weighted by Crippen LogP contribution is -2.13. The SMILES string of the molecule is O=C(O)c1nn(-c2ccccc2C(F)(F)F)c2c1CCC2. The van der Waals surface area contributed by atoms with E-state index in [9.17, 15) is 18.0 Å². The molecule has 2 aromatic rings. The van der Waals surface area contributed by atoms with E-state index in [0.717, 1.165) is 17.2 Å². The highest BCUT2D eigenvalue weighted by molar-refractivity contribution is 5.87. The monoisotopic (exact) mass is 296 g/mol. The molecule has 0 atom stereocenters. The molecule has 1 aliphatic carbocycles. The molecule has 1 aromatic carbocycles. The summed E-state index contributed by atoms with van der Waals surface area (Å²) in [6.07, 6.45) is -2.73. The van der Waals surface area contributed by atoms with Crippen LogP contribution in [-0.4, -0.2) is 20.9 Å². The molecule has 0 aliphatic heterocycles. The van der Waals surface area contributed by atoms with Crippen molar-refractivity contribution >= 4 is 5.97 Å². The van der Waals surface area contributed by atoms with Crippen LogP contribution in [0.2, 0.25) is 0 Å². The van der Waals surface area contributed by atoms with Crippen LogP contribution in [0.1, 0.15) is 33.7 Å². The maximum Gasteiger partial charge on any atom is 0.418 e. The Balaban J connectivity index is 2.24. The fraction of sp³-hybridized carbons (Fsp3) is 0.286. The van der Waals surface area contributed by atoms with Crippen molar-refractivity contribution in [2.45, 2.75) is 25.4 Å². The van der Waals surface area contributed by atoms with Crippen molar-refractivity contribution in [2.75, 3.05) is 0 Å². The first-order valence-electron chi connectivity index (χ1n) is 6.40. The van der Waals surface area contributed by atoms with E-state index in [1.807, 2.05) is 0 Å². The summed E-state index contributed by atoms with van der Waals surface area (Å²) in [5.74, 6) is -1.21. The molecule has 110 valence electrons. The minimum atomic E-state index is -4.52. The molecule has 0 saturated heterocycles. The highest BCUT2D eigenvalue weighted by Gasteiger charge is 2.35. The van der Waals surface area contributed by atoms with Crippen LogP contribution >= 0.6 is 0 Å². The van der Waals surface area contributed by atoms with Gasteiger partial charge in [-0.05, 0) is 31.4 Å². The Morgan fingerprint density at radius 2 is 1.95 bits per heavy atom. The van der Waals surface area contributed by atoms with Gasteiger partial charge in [-0.25, -0.2) is 9.48 Å². The van der Waals surface area contributed by atoms with Gasteiger partial charge in [0, 0.05) is 11.3 Å². The number of benzene rings is 1. The molecule has 4 nitrogen and oxygen atoms in total. The summed E-state index contributed by atoms with van der Waals surface area (Å²) in [6, 6.07) is 5.06. The van der Waals surface area contributed by atoms with Crippen LogP contribution in [0.5, 0.6) is 0 Å². The van der Waals surface area contributed by atoms with E-state index in [2.05, 4.69) is 5.10 Å². The van der Waals surface area contributed by atoms with Gasteiger partial charge in [-0.1, -0.05) is 12.1 Å². The number of carboxylic acid groups (broad SMARTS) is 1. The second-order valence-corrected chi connectivity index (χ2v) is 4.86. The zero-order chi connectivity index (χ0) is 15.2. The molecule has 1 heterocycles. The zero-order valence-electron chi connectivity index (χ0n) is 10.8. The Morgan fingerprint density at radius 1 is 1.24 bits per heavy atom. The Bertz CT molecular complexity index is 719. The molecule has 3 rings (SSSR count). The van der Waals surface area contributed by atoms with Gasteiger partial charge in [-0.2, -0.15) is 18.3 Å². The van der Waals surface area contributed by atoms with E-state index in [-0.39, 0.29) is 11.4 Å². The number of nitrogens with zero attached hydrogens (tertiary/aromatic N) is 2. The summed E-state index contributed by atoms with van der Waals surface area (Å²) in [6.45, 7) is 0. The van der Waals surface area contributed by atoms with E-state index < -0.39 is 17.7 Å². The first-order valence-corrected chi connectivity index (χ1v) is 6.40. The molecule has 0 saturated carbocycles. The number of carbonyl (C=O) groups is 1. The number of hydrogen-bond donors (Lipinski definition) is 1. The number of para-hydroxylation sites is 1. The van der Waals surface area contributed by atoms with Gasteiger partial charge in [-0.3, -0.25) is 0 Å². The average Bonchev–Trinajstić information content (AvgIpc) is 2.98. The highest BCUT2D eigenvalue weighted by atomic mass is 19.4. The number of halogens is 3. The van der Waals surface area contributed by atoms with Crippen molar-refractivity contribution in [3.8, 4) is 5.69 Å². The third kappa shape index (κ3) is 2.18. The van der Waals surface area contributed by atoms with Crippen molar-refractivity contribution in [1.29, 1.82) is 0 Å². The van der Waals surface area contributed by atoms with Crippen molar-refractivity contribution < 1.29 is 23.1 Å². The minimum Gasteiger partial charge on any atom is -0.476 e. The van der Waals surface area contributed by atoms with E-state index in [1.165, 1.54) is 18.2 Å². The van der Waals surface area contributed by atoms with Crippen molar-refractivity contribution in [2.24, 2.45) is 0 Å². The summed E-state index contributed by atoms with van der Waals surface area (Å²) in [5, 5.41) is 13.0. The fourth-order valence-corrected chi connectivity index (χ4v) is 2.71. The van der Waals surface area contributed by atoms with Gasteiger partial charge < -0.3 is 5.11 Å². The number of aromatic carboxylic acids is 1. The maximum absolute atomic E-state index is 13.1. The molecule has 21 heavy (non-hydrogen) atoms. The van der Waals surface area contributed by atoms with Crippen molar-refractivity contribution in [1.82, 2.24) is 9.78 Å². The Morgan fingerprint density at radius 3 is 2.62 bits per heavy atom. The largest absolute Gasteiger partial charge is 0.476 e. The van der Waals surface area contributed by atoms with Gasteiger partial charge in [0.25, 0.3) is 0 Å². The summed E-state index contributed by atoms with van der Waals surface area (Å²) < 4.78 is 40.4. The lowest BCUT2D eigenvalue weighted by molar-refractivity contribution is -0.137. The molecular formula is C14H11F3N2O2. The molecule has 0 radical (unpaired) electrons. The number of alkyl halides is 3. The standard InChI is InChI=1S/C14H11F3N2O2/c15-14(16,17)9-5-1-2-6-11(9)19-10-7-3-4-8(10)12(18-19)13(20)21/h1-2,5-6H,3-4,7H2,(H,20,21). The number of rotatable bonds is 2. The van der Waals surface area contributed by atoms with Crippen LogP contribution in [0.25, 0.3) is 5.69 Å². The topological polar surface area (TPSA) is 55.1 Å². The molecular weight excluding hydrogens is 285 g/mol. The van der Waals surface area contributed by atoms with Gasteiger partial charge in [0.2, 0.25) is 0 Å². The van der Waals surface area contributed by atoms with Crippen molar-refractivity contribution in [3.05, 3.63) is 46.8 Å². The third-order valence-electron chi connectivity index (χ3n) is 3.57. The van der Waals surface area contributed by atoms with Gasteiger partial charge >= 0.3 is 12.1 Å². The smallest absolute Gasteiger partial charge is 0.418 e. The van der Waals surface area contributed by atoms with Crippen LogP contribution in [-0.2, 0) is 19.0 Å². The number of hydrogen-bond acceptors (Lipinski definition) is 2. The van der Waals surface area contributed by atoms with Gasteiger partial charge in [-0.15, -0.1) is 0 Å². The molecule has 1 aromatic heterocycles. The molecule has 0 amide bonds. The van der Waals surface area contributed by atoms with E-state index in [1.54, 1.807) is 0 Å². The highest BCUT2D eigenvalue weighted by Crippen LogP contribution is 2.36. The van der Waals surface area contributed by atoms with E-state index in [0.29, 0.717) is 24.1 Å². The number of carboxylic acids is 1. The molecule has 1 N–H and O–H groups in total. The quantitative estimate of drug-likeness (QED) is 0.926. The van der Waals surface area contributed by atoms with Gasteiger partial charge in [0.1, 0.15) is 0 Å². The second kappa shape index (κ2) is 4.61. The van der Waals surface area contributed by atoms with Crippen LogP contribution in [0.15, 0.2) is 24.3 Å². The normalized spacial score (nSPS) is 14.2. The molecule has 0 spiro atoms. The van der Waals surface area contributed by atoms with E-state index in [4.69, 9.17) is 5.11 Å². The Kier molecular flexibility index (Phi) is 3.00. The Hall–Kier alpha value is -2.31. The van der Waals surface area contributed by atoms with Crippen LogP contribution in [0, 0.1) is 0 Å². The number of aromatic nitrogens is 2. The Labute approximate surface area is 117 Å². The fourth-order valence-electron chi connectivity index (χ4n) is 2.71. The summed E-state index contributed by atoms with van der Waals surface area (Å²) in [7, 11) is 0. The van der Waals surface area contributed by atoms with Crippen LogP contribution in [0.4, 0.5) is 13.2 Å². The first kappa shape index (κ1) is 13.7. The summed E-state index contributed by atoms with van der Waals surface area (Å²) in [4.78, 5) is 11.2. The summed E-state index contributed by atoms with van der Waals surface area (Å²) >= 11 is 0. The molecule has 7 heteroatoms. The zero-order valence-corrected chi connectivity index (χ0v) is 10.8.